The molecule has 82 valence electrons. The predicted octanol–water partition coefficient (Wildman–Crippen LogP) is 2.02. The first-order valence-electron chi connectivity index (χ1n) is 4.32. The van der Waals surface area contributed by atoms with E-state index in [1.807, 2.05) is 0 Å². The van der Waals surface area contributed by atoms with E-state index in [4.69, 9.17) is 5.11 Å². The second-order valence-corrected chi connectivity index (χ2v) is 3.46. The van der Waals surface area contributed by atoms with Gasteiger partial charge in [-0.1, -0.05) is 0 Å². The highest BCUT2D eigenvalue weighted by Crippen LogP contribution is 2.36. The molecule has 0 aromatic heterocycles. The number of hydrogen-bond donors (Lipinski definition) is 1. The van der Waals surface area contributed by atoms with Gasteiger partial charge in [0, 0.05) is 0 Å². The topological polar surface area (TPSA) is 46.5 Å². The van der Waals surface area contributed by atoms with Gasteiger partial charge in [-0.25, -0.2) is 0 Å². The first-order chi connectivity index (χ1) is 6.38. The van der Waals surface area contributed by atoms with Crippen LogP contribution in [0.15, 0.2) is 0 Å². The Hall–Kier alpha value is -0.780. The van der Waals surface area contributed by atoms with Gasteiger partial charge < -0.3 is 5.11 Å². The van der Waals surface area contributed by atoms with Crippen molar-refractivity contribution in [2.24, 2.45) is 11.8 Å². The van der Waals surface area contributed by atoms with E-state index in [2.05, 4.69) is 4.74 Å². The third kappa shape index (κ3) is 3.53. The summed E-state index contributed by atoms with van der Waals surface area (Å²) >= 11 is 0. The molecule has 1 rings (SSSR count). The molecule has 0 spiro atoms. The number of halogens is 3. The van der Waals surface area contributed by atoms with Gasteiger partial charge in [-0.3, -0.25) is 9.53 Å². The van der Waals surface area contributed by atoms with E-state index in [-0.39, 0.29) is 24.9 Å². The maximum Gasteiger partial charge on any atom is 0.522 e. The quantitative estimate of drug-likeness (QED) is 0.775. The van der Waals surface area contributed by atoms with Gasteiger partial charge in [0.1, 0.15) is 0 Å². The van der Waals surface area contributed by atoms with E-state index in [0.29, 0.717) is 12.8 Å². The standard InChI is InChI=1S/C8H11F3O3/c9-8(10,11)14-2-1-5-3-6(4-5)7(12)13/h5-6H,1-4H2,(H,12,13). The molecule has 0 aliphatic heterocycles. The smallest absolute Gasteiger partial charge is 0.481 e. The molecule has 0 amide bonds. The van der Waals surface area contributed by atoms with Crippen LogP contribution < -0.4 is 0 Å². The molecule has 1 aliphatic carbocycles. The SMILES string of the molecule is O=C(O)C1CC(CCOC(F)(F)F)C1. The number of carbonyl (C=O) groups is 1. The molecule has 0 heterocycles. The molecule has 6 heteroatoms. The van der Waals surface area contributed by atoms with Gasteiger partial charge in [-0.05, 0) is 25.2 Å². The minimum Gasteiger partial charge on any atom is -0.481 e. The summed E-state index contributed by atoms with van der Waals surface area (Å²) in [7, 11) is 0. The van der Waals surface area contributed by atoms with Crippen LogP contribution in [0.1, 0.15) is 19.3 Å². The van der Waals surface area contributed by atoms with Crippen LogP contribution in [0.3, 0.4) is 0 Å². The number of ether oxygens (including phenoxy) is 1. The second kappa shape index (κ2) is 4.16. The zero-order chi connectivity index (χ0) is 10.8. The minimum absolute atomic E-state index is 0.0680. The van der Waals surface area contributed by atoms with Crippen LogP contribution in [-0.2, 0) is 9.53 Å². The average Bonchev–Trinajstić information content (AvgIpc) is 1.90. The Morgan fingerprint density at radius 2 is 2.00 bits per heavy atom. The first kappa shape index (κ1) is 11.3. The Kier molecular flexibility index (Phi) is 3.36. The number of carboxylic acid groups (broad SMARTS) is 1. The van der Waals surface area contributed by atoms with E-state index in [9.17, 15) is 18.0 Å². The summed E-state index contributed by atoms with van der Waals surface area (Å²) in [4.78, 5) is 10.3. The summed E-state index contributed by atoms with van der Waals surface area (Å²) in [6, 6.07) is 0. The fourth-order valence-electron chi connectivity index (χ4n) is 1.51. The van der Waals surface area contributed by atoms with Crippen molar-refractivity contribution >= 4 is 5.97 Å². The maximum absolute atomic E-state index is 11.5. The van der Waals surface area contributed by atoms with Gasteiger partial charge in [0.15, 0.2) is 0 Å². The lowest BCUT2D eigenvalue weighted by Gasteiger charge is -2.32. The highest BCUT2D eigenvalue weighted by Gasteiger charge is 2.35. The van der Waals surface area contributed by atoms with Crippen LogP contribution in [0.4, 0.5) is 13.2 Å². The molecule has 0 atom stereocenters. The van der Waals surface area contributed by atoms with Crippen LogP contribution in [0.2, 0.25) is 0 Å². The first-order valence-corrected chi connectivity index (χ1v) is 4.32. The zero-order valence-corrected chi connectivity index (χ0v) is 7.38. The van der Waals surface area contributed by atoms with Crippen molar-refractivity contribution in [1.29, 1.82) is 0 Å². The number of carboxylic acids is 1. The van der Waals surface area contributed by atoms with Crippen molar-refractivity contribution in [3.8, 4) is 0 Å². The Labute approximate surface area is 78.9 Å². The van der Waals surface area contributed by atoms with Crippen LogP contribution in [0.5, 0.6) is 0 Å². The van der Waals surface area contributed by atoms with Gasteiger partial charge in [-0.2, -0.15) is 0 Å². The molecule has 0 saturated heterocycles. The molecule has 0 radical (unpaired) electrons. The maximum atomic E-state index is 11.5. The molecule has 1 N–H and O–H groups in total. The third-order valence-electron chi connectivity index (χ3n) is 2.38. The molecule has 0 aromatic carbocycles. The molecule has 14 heavy (non-hydrogen) atoms. The van der Waals surface area contributed by atoms with Gasteiger partial charge in [0.2, 0.25) is 0 Å². The van der Waals surface area contributed by atoms with Crippen molar-refractivity contribution in [3.63, 3.8) is 0 Å². The van der Waals surface area contributed by atoms with Crippen LogP contribution in [-0.4, -0.2) is 24.0 Å². The van der Waals surface area contributed by atoms with E-state index >= 15 is 0 Å². The number of alkyl halides is 3. The molecular formula is C8H11F3O3. The lowest BCUT2D eigenvalue weighted by atomic mass is 9.73. The fourth-order valence-corrected chi connectivity index (χ4v) is 1.51. The number of rotatable bonds is 4. The summed E-state index contributed by atoms with van der Waals surface area (Å²) in [5, 5.41) is 8.49. The van der Waals surface area contributed by atoms with Crippen molar-refractivity contribution in [2.45, 2.75) is 25.6 Å². The summed E-state index contributed by atoms with van der Waals surface area (Å²) < 4.78 is 38.1. The minimum atomic E-state index is -4.57. The lowest BCUT2D eigenvalue weighted by molar-refractivity contribution is -0.325. The van der Waals surface area contributed by atoms with Crippen LogP contribution in [0, 0.1) is 11.8 Å². The molecular weight excluding hydrogens is 201 g/mol. The van der Waals surface area contributed by atoms with E-state index in [0.717, 1.165) is 0 Å². The molecule has 0 bridgehead atoms. The van der Waals surface area contributed by atoms with Crippen molar-refractivity contribution < 1.29 is 27.8 Å². The van der Waals surface area contributed by atoms with E-state index in [1.165, 1.54) is 0 Å². The molecule has 0 unspecified atom stereocenters. The molecule has 1 saturated carbocycles. The van der Waals surface area contributed by atoms with Gasteiger partial charge >= 0.3 is 12.3 Å². The highest BCUT2D eigenvalue weighted by atomic mass is 19.4. The number of aliphatic carboxylic acids is 1. The lowest BCUT2D eigenvalue weighted by Crippen LogP contribution is -2.31. The Balaban J connectivity index is 2.04. The highest BCUT2D eigenvalue weighted by molar-refractivity contribution is 5.71. The predicted molar refractivity (Wildman–Crippen MR) is 40.5 cm³/mol. The van der Waals surface area contributed by atoms with Gasteiger partial charge in [0.05, 0.1) is 12.5 Å². The zero-order valence-electron chi connectivity index (χ0n) is 7.38. The second-order valence-electron chi connectivity index (χ2n) is 3.46. The van der Waals surface area contributed by atoms with Gasteiger partial charge in [-0.15, -0.1) is 13.2 Å². The summed E-state index contributed by atoms with van der Waals surface area (Å²) in [5.41, 5.74) is 0. The molecule has 1 aliphatic rings. The van der Waals surface area contributed by atoms with Crippen molar-refractivity contribution in [3.05, 3.63) is 0 Å². The van der Waals surface area contributed by atoms with E-state index in [1.54, 1.807) is 0 Å². The van der Waals surface area contributed by atoms with Crippen molar-refractivity contribution in [1.82, 2.24) is 0 Å². The van der Waals surface area contributed by atoms with E-state index < -0.39 is 12.3 Å². The van der Waals surface area contributed by atoms with Crippen LogP contribution in [0.25, 0.3) is 0 Å². The summed E-state index contributed by atoms with van der Waals surface area (Å²) in [5.74, 6) is -1.16. The molecule has 3 nitrogen and oxygen atoms in total. The fraction of sp³-hybridized carbons (Fsp3) is 0.875. The van der Waals surface area contributed by atoms with Crippen LogP contribution >= 0.6 is 0 Å². The monoisotopic (exact) mass is 212 g/mol. The van der Waals surface area contributed by atoms with Crippen molar-refractivity contribution in [2.75, 3.05) is 6.61 Å². The molecule has 1 fully saturated rings. The Bertz CT molecular complexity index is 208. The summed E-state index contributed by atoms with van der Waals surface area (Å²) in [6.45, 7) is -0.374. The molecule has 0 aromatic rings. The van der Waals surface area contributed by atoms with Gasteiger partial charge in [0.25, 0.3) is 0 Å². The third-order valence-corrected chi connectivity index (χ3v) is 2.38. The normalized spacial score (nSPS) is 27.1. The Morgan fingerprint density at radius 1 is 1.43 bits per heavy atom. The average molecular weight is 212 g/mol. The largest absolute Gasteiger partial charge is 0.522 e. The summed E-state index contributed by atoms with van der Waals surface area (Å²) in [6.07, 6.45) is -3.35. The Morgan fingerprint density at radius 3 is 2.43 bits per heavy atom. The number of hydrogen-bond acceptors (Lipinski definition) is 2.